The lowest BCUT2D eigenvalue weighted by atomic mass is 10.3. The van der Waals surface area contributed by atoms with Crippen molar-refractivity contribution in [3.05, 3.63) is 30.3 Å². The minimum atomic E-state index is -1.85. The first-order chi connectivity index (χ1) is 7.59. The van der Waals surface area contributed by atoms with Crippen LogP contribution in [0.3, 0.4) is 0 Å². The summed E-state index contributed by atoms with van der Waals surface area (Å²) >= 11 is 0. The summed E-state index contributed by atoms with van der Waals surface area (Å²) in [5.74, 6) is 0. The van der Waals surface area contributed by atoms with Gasteiger partial charge in [0.05, 0.1) is 12.2 Å². The highest BCUT2D eigenvalue weighted by Gasteiger charge is 2.34. The summed E-state index contributed by atoms with van der Waals surface area (Å²) in [5, 5.41) is 11.1. The van der Waals surface area contributed by atoms with E-state index in [9.17, 15) is 5.11 Å². The Morgan fingerprint density at radius 3 is 2.44 bits per heavy atom. The zero-order chi connectivity index (χ0) is 11.6. The predicted molar refractivity (Wildman–Crippen MR) is 68.3 cm³/mol. The van der Waals surface area contributed by atoms with Crippen molar-refractivity contribution in [2.75, 3.05) is 0 Å². The predicted octanol–water partition coefficient (Wildman–Crippen LogP) is 2.03. The lowest BCUT2D eigenvalue weighted by molar-refractivity contribution is 0.0568. The molecular weight excluding hydrogens is 216 g/mol. The Labute approximate surface area is 98.4 Å². The number of hydrogen-bond donors (Lipinski definition) is 1. The van der Waals surface area contributed by atoms with Crippen LogP contribution in [0.15, 0.2) is 30.3 Å². The van der Waals surface area contributed by atoms with E-state index in [-0.39, 0.29) is 12.2 Å². The van der Waals surface area contributed by atoms with Crippen LogP contribution in [0.1, 0.15) is 19.3 Å². The van der Waals surface area contributed by atoms with Crippen molar-refractivity contribution < 1.29 is 9.53 Å². The maximum atomic E-state index is 9.80. The van der Waals surface area contributed by atoms with Crippen molar-refractivity contribution in [2.45, 2.75) is 44.6 Å². The lowest BCUT2D eigenvalue weighted by Crippen LogP contribution is -2.48. The van der Waals surface area contributed by atoms with Crippen LogP contribution in [0.4, 0.5) is 0 Å². The Bertz CT molecular complexity index is 337. The molecule has 2 nitrogen and oxygen atoms in total. The lowest BCUT2D eigenvalue weighted by Gasteiger charge is -2.29. The minimum Gasteiger partial charge on any atom is -0.407 e. The highest BCUT2D eigenvalue weighted by Crippen LogP contribution is 2.24. The second kappa shape index (κ2) is 4.70. The molecule has 1 aliphatic rings. The van der Waals surface area contributed by atoms with Crippen molar-refractivity contribution in [2.24, 2.45) is 0 Å². The SMILES string of the molecule is C[Si](C)(O[C@@H]1CCC[C@H]1O)c1ccccc1. The highest BCUT2D eigenvalue weighted by molar-refractivity contribution is 6.84. The summed E-state index contributed by atoms with van der Waals surface area (Å²) in [6, 6.07) is 10.4. The van der Waals surface area contributed by atoms with E-state index in [0.717, 1.165) is 19.3 Å². The van der Waals surface area contributed by atoms with Gasteiger partial charge in [0.1, 0.15) is 0 Å². The summed E-state index contributed by atoms with van der Waals surface area (Å²) in [6.45, 7) is 4.40. The third kappa shape index (κ3) is 2.54. The first-order valence-corrected chi connectivity index (χ1v) is 8.92. The Morgan fingerprint density at radius 1 is 1.19 bits per heavy atom. The molecule has 1 aliphatic carbocycles. The normalized spacial score (nSPS) is 25.9. The number of benzene rings is 1. The van der Waals surface area contributed by atoms with Crippen LogP contribution < -0.4 is 5.19 Å². The zero-order valence-electron chi connectivity index (χ0n) is 10.0. The largest absolute Gasteiger partial charge is 0.407 e. The smallest absolute Gasteiger partial charge is 0.218 e. The molecule has 0 spiro atoms. The molecule has 0 unspecified atom stereocenters. The summed E-state index contributed by atoms with van der Waals surface area (Å²) in [4.78, 5) is 0. The first kappa shape index (κ1) is 11.8. The van der Waals surface area contributed by atoms with Gasteiger partial charge in [0.15, 0.2) is 0 Å². The first-order valence-electron chi connectivity index (χ1n) is 6.01. The standard InChI is InChI=1S/C13H20O2Si/c1-16(2,11-7-4-3-5-8-11)15-13-10-6-9-12(13)14/h3-5,7-8,12-14H,6,9-10H2,1-2H3/t12-,13-/m1/s1. The van der Waals surface area contributed by atoms with Crippen LogP contribution in [0.25, 0.3) is 0 Å². The number of hydrogen-bond acceptors (Lipinski definition) is 2. The van der Waals surface area contributed by atoms with Crippen molar-refractivity contribution in [3.8, 4) is 0 Å². The van der Waals surface area contributed by atoms with Gasteiger partial charge in [0.2, 0.25) is 8.32 Å². The van der Waals surface area contributed by atoms with E-state index >= 15 is 0 Å². The molecule has 2 atom stereocenters. The zero-order valence-corrected chi connectivity index (χ0v) is 11.0. The molecule has 0 heterocycles. The van der Waals surface area contributed by atoms with Crippen LogP contribution in [0.5, 0.6) is 0 Å². The maximum absolute atomic E-state index is 9.80. The number of rotatable bonds is 3. The van der Waals surface area contributed by atoms with Crippen molar-refractivity contribution in [1.29, 1.82) is 0 Å². The molecule has 1 N–H and O–H groups in total. The van der Waals surface area contributed by atoms with Gasteiger partial charge < -0.3 is 9.53 Å². The Kier molecular flexibility index (Phi) is 3.47. The summed E-state index contributed by atoms with van der Waals surface area (Å²) < 4.78 is 6.19. The van der Waals surface area contributed by atoms with E-state index in [2.05, 4.69) is 37.4 Å². The van der Waals surface area contributed by atoms with E-state index in [1.807, 2.05) is 6.07 Å². The van der Waals surface area contributed by atoms with Gasteiger partial charge in [-0.3, -0.25) is 0 Å². The molecule has 0 saturated heterocycles. The molecule has 0 radical (unpaired) electrons. The molecule has 1 aromatic carbocycles. The van der Waals surface area contributed by atoms with Gasteiger partial charge in [-0.2, -0.15) is 0 Å². The van der Waals surface area contributed by atoms with Gasteiger partial charge in [-0.05, 0) is 37.5 Å². The van der Waals surface area contributed by atoms with E-state index in [0.29, 0.717) is 0 Å². The topological polar surface area (TPSA) is 29.5 Å². The number of aliphatic hydroxyl groups is 1. The van der Waals surface area contributed by atoms with E-state index in [4.69, 9.17) is 4.43 Å². The number of aliphatic hydroxyl groups excluding tert-OH is 1. The Hall–Kier alpha value is -0.643. The van der Waals surface area contributed by atoms with Gasteiger partial charge in [0, 0.05) is 0 Å². The van der Waals surface area contributed by atoms with Gasteiger partial charge in [0.25, 0.3) is 0 Å². The molecule has 0 bridgehead atoms. The minimum absolute atomic E-state index is 0.0573. The average Bonchev–Trinajstić information content (AvgIpc) is 2.65. The molecular formula is C13H20O2Si. The fraction of sp³-hybridized carbons (Fsp3) is 0.538. The van der Waals surface area contributed by atoms with Gasteiger partial charge in [-0.25, -0.2) is 0 Å². The monoisotopic (exact) mass is 236 g/mol. The quantitative estimate of drug-likeness (QED) is 0.814. The van der Waals surface area contributed by atoms with E-state index < -0.39 is 8.32 Å². The van der Waals surface area contributed by atoms with Gasteiger partial charge in [-0.1, -0.05) is 30.3 Å². The van der Waals surface area contributed by atoms with Crippen LogP contribution >= 0.6 is 0 Å². The van der Waals surface area contributed by atoms with Crippen molar-refractivity contribution >= 4 is 13.5 Å². The van der Waals surface area contributed by atoms with Crippen molar-refractivity contribution in [1.82, 2.24) is 0 Å². The average molecular weight is 236 g/mol. The van der Waals surface area contributed by atoms with Crippen LogP contribution in [0, 0.1) is 0 Å². The third-order valence-electron chi connectivity index (χ3n) is 3.33. The van der Waals surface area contributed by atoms with E-state index in [1.54, 1.807) is 0 Å². The Balaban J connectivity index is 2.08. The maximum Gasteiger partial charge on any atom is 0.218 e. The van der Waals surface area contributed by atoms with E-state index in [1.165, 1.54) is 5.19 Å². The van der Waals surface area contributed by atoms with Gasteiger partial charge in [-0.15, -0.1) is 0 Å². The molecule has 2 rings (SSSR count). The fourth-order valence-electron chi connectivity index (χ4n) is 2.33. The molecule has 1 saturated carbocycles. The summed E-state index contributed by atoms with van der Waals surface area (Å²) in [7, 11) is -1.85. The molecule has 3 heteroatoms. The van der Waals surface area contributed by atoms with Crippen LogP contribution in [-0.4, -0.2) is 25.6 Å². The van der Waals surface area contributed by atoms with Crippen LogP contribution in [0.2, 0.25) is 13.1 Å². The highest BCUT2D eigenvalue weighted by atomic mass is 28.4. The van der Waals surface area contributed by atoms with Gasteiger partial charge >= 0.3 is 0 Å². The Morgan fingerprint density at radius 2 is 1.88 bits per heavy atom. The second-order valence-corrected chi connectivity index (χ2v) is 8.86. The molecule has 1 fully saturated rings. The molecule has 16 heavy (non-hydrogen) atoms. The molecule has 0 aliphatic heterocycles. The molecule has 0 aromatic heterocycles. The molecule has 1 aromatic rings. The van der Waals surface area contributed by atoms with Crippen molar-refractivity contribution in [3.63, 3.8) is 0 Å². The molecule has 0 amide bonds. The summed E-state index contributed by atoms with van der Waals surface area (Å²) in [6.07, 6.45) is 2.79. The third-order valence-corrected chi connectivity index (χ3v) is 5.95. The second-order valence-electron chi connectivity index (χ2n) is 5.03. The summed E-state index contributed by atoms with van der Waals surface area (Å²) in [5.41, 5.74) is 0. The molecule has 88 valence electrons. The van der Waals surface area contributed by atoms with Crippen LogP contribution in [-0.2, 0) is 4.43 Å². The fourth-order valence-corrected chi connectivity index (χ4v) is 4.49.